The zero-order valence-corrected chi connectivity index (χ0v) is 14.8. The number of halogens is 2. The second kappa shape index (κ2) is 7.14. The molecule has 0 unspecified atom stereocenters. The number of hydrogen-bond donors (Lipinski definition) is 0. The standard InChI is InChI=1S/C16H15BrFNO3S/c1-3-10-19(13-6-4-12(18)5-7-13)23(20,21)14-8-9-16(22-2)15(17)11-14/h3-9,11H,1,10H2,2H3. The molecule has 2 aromatic carbocycles. The van der Waals surface area contributed by atoms with Crippen molar-refractivity contribution in [2.75, 3.05) is 18.0 Å². The van der Waals surface area contributed by atoms with Crippen LogP contribution in [0.3, 0.4) is 0 Å². The third-order valence-corrected chi connectivity index (χ3v) is 5.53. The highest BCUT2D eigenvalue weighted by molar-refractivity contribution is 9.10. The minimum atomic E-state index is -3.82. The lowest BCUT2D eigenvalue weighted by Crippen LogP contribution is -2.31. The molecule has 0 aliphatic carbocycles. The van der Waals surface area contributed by atoms with Crippen molar-refractivity contribution in [1.82, 2.24) is 0 Å². The Kier molecular flexibility index (Phi) is 5.43. The van der Waals surface area contributed by atoms with Crippen molar-refractivity contribution in [3.05, 3.63) is 65.4 Å². The molecule has 2 aromatic rings. The first-order chi connectivity index (χ1) is 10.9. The summed E-state index contributed by atoms with van der Waals surface area (Å²) in [5.74, 6) is 0.0953. The van der Waals surface area contributed by atoms with Crippen molar-refractivity contribution in [3.8, 4) is 5.75 Å². The van der Waals surface area contributed by atoms with Crippen LogP contribution >= 0.6 is 15.9 Å². The summed E-state index contributed by atoms with van der Waals surface area (Å²) in [6, 6.07) is 9.74. The van der Waals surface area contributed by atoms with Gasteiger partial charge in [-0.25, -0.2) is 12.8 Å². The molecule has 0 amide bonds. The maximum atomic E-state index is 13.1. The van der Waals surface area contributed by atoms with Crippen LogP contribution in [0.15, 0.2) is 64.5 Å². The average molecular weight is 400 g/mol. The fourth-order valence-corrected chi connectivity index (χ4v) is 4.16. The van der Waals surface area contributed by atoms with E-state index >= 15 is 0 Å². The molecular weight excluding hydrogens is 385 g/mol. The average Bonchev–Trinajstić information content (AvgIpc) is 2.53. The molecule has 0 saturated carbocycles. The monoisotopic (exact) mass is 399 g/mol. The van der Waals surface area contributed by atoms with Crippen LogP contribution in [0.5, 0.6) is 5.75 Å². The van der Waals surface area contributed by atoms with Crippen molar-refractivity contribution in [2.24, 2.45) is 0 Å². The largest absolute Gasteiger partial charge is 0.496 e. The van der Waals surface area contributed by atoms with Gasteiger partial charge in [0.2, 0.25) is 0 Å². The summed E-state index contributed by atoms with van der Waals surface area (Å²) in [5.41, 5.74) is 0.359. The third-order valence-electron chi connectivity index (χ3n) is 3.12. The Morgan fingerprint density at radius 3 is 2.43 bits per heavy atom. The van der Waals surface area contributed by atoms with E-state index in [0.29, 0.717) is 15.9 Å². The number of nitrogens with zero attached hydrogens (tertiary/aromatic N) is 1. The van der Waals surface area contributed by atoms with Gasteiger partial charge in [0, 0.05) is 0 Å². The highest BCUT2D eigenvalue weighted by Crippen LogP contribution is 2.30. The Hall–Kier alpha value is -1.86. The lowest BCUT2D eigenvalue weighted by Gasteiger charge is -2.23. The smallest absolute Gasteiger partial charge is 0.264 e. The second-order valence-electron chi connectivity index (χ2n) is 4.60. The predicted molar refractivity (Wildman–Crippen MR) is 91.8 cm³/mol. The predicted octanol–water partition coefficient (Wildman–Crippen LogP) is 3.98. The van der Waals surface area contributed by atoms with Crippen LogP contribution in [0.1, 0.15) is 0 Å². The van der Waals surface area contributed by atoms with Crippen molar-refractivity contribution in [1.29, 1.82) is 0 Å². The summed E-state index contributed by atoms with van der Waals surface area (Å²) in [6.07, 6.45) is 1.47. The Bertz CT molecular complexity index is 807. The minimum Gasteiger partial charge on any atom is -0.496 e. The van der Waals surface area contributed by atoms with Gasteiger partial charge in [0.05, 0.1) is 28.7 Å². The van der Waals surface area contributed by atoms with Crippen LogP contribution in [-0.4, -0.2) is 22.1 Å². The molecule has 0 bridgehead atoms. The van der Waals surface area contributed by atoms with Gasteiger partial charge in [0.25, 0.3) is 10.0 Å². The van der Waals surface area contributed by atoms with E-state index in [1.807, 2.05) is 0 Å². The van der Waals surface area contributed by atoms with E-state index in [-0.39, 0.29) is 11.4 Å². The maximum Gasteiger partial charge on any atom is 0.264 e. The molecule has 0 aliphatic heterocycles. The van der Waals surface area contributed by atoms with Crippen molar-refractivity contribution < 1.29 is 17.5 Å². The molecule has 0 spiro atoms. The van der Waals surface area contributed by atoms with Gasteiger partial charge in [-0.05, 0) is 58.4 Å². The topological polar surface area (TPSA) is 46.6 Å². The number of sulfonamides is 1. The summed E-state index contributed by atoms with van der Waals surface area (Å²) in [7, 11) is -2.33. The van der Waals surface area contributed by atoms with Gasteiger partial charge in [-0.15, -0.1) is 6.58 Å². The molecule has 0 atom stereocenters. The number of methoxy groups -OCH3 is 1. The van der Waals surface area contributed by atoms with Crippen LogP contribution in [0.25, 0.3) is 0 Å². The van der Waals surface area contributed by atoms with E-state index in [1.165, 1.54) is 49.6 Å². The molecule has 0 fully saturated rings. The molecule has 0 aliphatic rings. The SMILES string of the molecule is C=CCN(c1ccc(F)cc1)S(=O)(=O)c1ccc(OC)c(Br)c1. The normalized spacial score (nSPS) is 11.1. The number of hydrogen-bond acceptors (Lipinski definition) is 3. The summed E-state index contributed by atoms with van der Waals surface area (Å²) in [6.45, 7) is 3.65. The van der Waals surface area contributed by atoms with Gasteiger partial charge >= 0.3 is 0 Å². The first-order valence-electron chi connectivity index (χ1n) is 6.63. The van der Waals surface area contributed by atoms with Gasteiger partial charge in [-0.3, -0.25) is 4.31 Å². The number of benzene rings is 2. The molecule has 122 valence electrons. The first-order valence-corrected chi connectivity index (χ1v) is 8.86. The Morgan fingerprint density at radius 1 is 1.26 bits per heavy atom. The highest BCUT2D eigenvalue weighted by Gasteiger charge is 2.25. The zero-order valence-electron chi connectivity index (χ0n) is 12.4. The Balaban J connectivity index is 2.50. The van der Waals surface area contributed by atoms with E-state index < -0.39 is 15.8 Å². The fourth-order valence-electron chi connectivity index (χ4n) is 2.00. The lowest BCUT2D eigenvalue weighted by atomic mass is 10.3. The van der Waals surface area contributed by atoms with Gasteiger partial charge in [-0.1, -0.05) is 6.08 Å². The molecule has 0 N–H and O–H groups in total. The maximum absolute atomic E-state index is 13.1. The molecule has 7 heteroatoms. The molecule has 0 heterocycles. The van der Waals surface area contributed by atoms with Crippen LogP contribution in [0.2, 0.25) is 0 Å². The van der Waals surface area contributed by atoms with Gasteiger partial charge in [-0.2, -0.15) is 0 Å². The molecule has 2 rings (SSSR count). The summed E-state index contributed by atoms with van der Waals surface area (Å²) in [4.78, 5) is 0.0938. The molecular formula is C16H15BrFNO3S. The quantitative estimate of drug-likeness (QED) is 0.690. The van der Waals surface area contributed by atoms with Crippen LogP contribution in [0, 0.1) is 5.82 Å². The molecule has 23 heavy (non-hydrogen) atoms. The van der Waals surface area contributed by atoms with E-state index in [1.54, 1.807) is 6.07 Å². The van der Waals surface area contributed by atoms with Crippen molar-refractivity contribution in [3.63, 3.8) is 0 Å². The fraction of sp³-hybridized carbons (Fsp3) is 0.125. The van der Waals surface area contributed by atoms with Crippen LogP contribution in [-0.2, 0) is 10.0 Å². The molecule has 0 saturated heterocycles. The van der Waals surface area contributed by atoms with Crippen LogP contribution in [0.4, 0.5) is 10.1 Å². The Labute approximate surface area is 143 Å². The van der Waals surface area contributed by atoms with E-state index in [2.05, 4.69) is 22.5 Å². The molecule has 0 radical (unpaired) electrons. The summed E-state index contributed by atoms with van der Waals surface area (Å²) in [5, 5.41) is 0. The second-order valence-corrected chi connectivity index (χ2v) is 7.31. The third kappa shape index (κ3) is 3.73. The van der Waals surface area contributed by atoms with Gasteiger partial charge < -0.3 is 4.74 Å². The van der Waals surface area contributed by atoms with Crippen molar-refractivity contribution >= 4 is 31.6 Å². The Morgan fingerprint density at radius 2 is 1.91 bits per heavy atom. The minimum absolute atomic E-state index is 0.0671. The van der Waals surface area contributed by atoms with E-state index in [0.717, 1.165) is 4.31 Å². The van der Waals surface area contributed by atoms with Gasteiger partial charge in [0.15, 0.2) is 0 Å². The summed E-state index contributed by atoms with van der Waals surface area (Å²) >= 11 is 3.28. The number of ether oxygens (including phenoxy) is 1. The zero-order chi connectivity index (χ0) is 17.0. The van der Waals surface area contributed by atoms with Gasteiger partial charge in [0.1, 0.15) is 11.6 Å². The van der Waals surface area contributed by atoms with Crippen molar-refractivity contribution in [2.45, 2.75) is 4.90 Å². The molecule has 4 nitrogen and oxygen atoms in total. The highest BCUT2D eigenvalue weighted by atomic mass is 79.9. The molecule has 0 aromatic heterocycles. The summed E-state index contributed by atoms with van der Waals surface area (Å²) < 4.78 is 45.6. The van der Waals surface area contributed by atoms with Crippen LogP contribution < -0.4 is 9.04 Å². The van der Waals surface area contributed by atoms with E-state index in [4.69, 9.17) is 4.74 Å². The number of rotatable bonds is 6. The first kappa shape index (κ1) is 17.5. The van der Waals surface area contributed by atoms with E-state index in [9.17, 15) is 12.8 Å². The lowest BCUT2D eigenvalue weighted by molar-refractivity contribution is 0.411. The number of anilines is 1.